The van der Waals surface area contributed by atoms with E-state index >= 15 is 0 Å². The maximum absolute atomic E-state index is 12.2. The van der Waals surface area contributed by atoms with E-state index in [4.69, 9.17) is 4.74 Å². The molecule has 1 fully saturated rings. The van der Waals surface area contributed by atoms with Crippen LogP contribution in [0.15, 0.2) is 18.2 Å². The molecule has 23 heavy (non-hydrogen) atoms. The standard InChI is InChI=1S/C18H27IN2O2/c1-13-7-6-8-15(16(13)19)12-20-9-10-21(11-14(20)2)17(22)23-18(3,4)5/h6-8,14H,9-12H2,1-5H3/t14-/m1/s1. The second kappa shape index (κ2) is 7.38. The van der Waals surface area contributed by atoms with Crippen LogP contribution in [0.1, 0.15) is 38.8 Å². The summed E-state index contributed by atoms with van der Waals surface area (Å²) in [6, 6.07) is 6.79. The van der Waals surface area contributed by atoms with Gasteiger partial charge in [-0.15, -0.1) is 0 Å². The molecular weight excluding hydrogens is 403 g/mol. The lowest BCUT2D eigenvalue weighted by atomic mass is 10.1. The summed E-state index contributed by atoms with van der Waals surface area (Å²) in [7, 11) is 0. The largest absolute Gasteiger partial charge is 0.444 e. The van der Waals surface area contributed by atoms with E-state index in [9.17, 15) is 4.79 Å². The number of hydrogen-bond donors (Lipinski definition) is 0. The molecule has 1 aromatic rings. The summed E-state index contributed by atoms with van der Waals surface area (Å²) in [4.78, 5) is 16.5. The van der Waals surface area contributed by atoms with Gasteiger partial charge in [0.05, 0.1) is 0 Å². The molecule has 0 aromatic heterocycles. The van der Waals surface area contributed by atoms with Crippen LogP contribution in [0.5, 0.6) is 0 Å². The molecule has 0 unspecified atom stereocenters. The van der Waals surface area contributed by atoms with E-state index in [1.54, 1.807) is 0 Å². The molecule has 128 valence electrons. The normalized spacial score (nSPS) is 19.7. The minimum Gasteiger partial charge on any atom is -0.444 e. The van der Waals surface area contributed by atoms with Crippen molar-refractivity contribution in [3.8, 4) is 0 Å². The number of ether oxygens (including phenoxy) is 1. The maximum Gasteiger partial charge on any atom is 0.410 e. The minimum absolute atomic E-state index is 0.200. The van der Waals surface area contributed by atoms with Crippen molar-refractivity contribution in [2.75, 3.05) is 19.6 Å². The van der Waals surface area contributed by atoms with E-state index in [0.717, 1.165) is 26.2 Å². The van der Waals surface area contributed by atoms with Crippen molar-refractivity contribution in [2.24, 2.45) is 0 Å². The van der Waals surface area contributed by atoms with Crippen LogP contribution in [-0.2, 0) is 11.3 Å². The van der Waals surface area contributed by atoms with Crippen molar-refractivity contribution < 1.29 is 9.53 Å². The van der Waals surface area contributed by atoms with Crippen LogP contribution in [0.25, 0.3) is 0 Å². The van der Waals surface area contributed by atoms with Crippen LogP contribution < -0.4 is 0 Å². The average molecular weight is 430 g/mol. The van der Waals surface area contributed by atoms with Crippen LogP contribution in [0.3, 0.4) is 0 Å². The van der Waals surface area contributed by atoms with Crippen molar-refractivity contribution in [2.45, 2.75) is 52.8 Å². The summed E-state index contributed by atoms with van der Waals surface area (Å²) in [6.45, 7) is 13.3. The fourth-order valence-corrected chi connectivity index (χ4v) is 3.30. The van der Waals surface area contributed by atoms with Crippen LogP contribution >= 0.6 is 22.6 Å². The molecule has 1 saturated heterocycles. The van der Waals surface area contributed by atoms with Crippen LogP contribution in [-0.4, -0.2) is 47.2 Å². The van der Waals surface area contributed by atoms with Gasteiger partial charge in [-0.1, -0.05) is 18.2 Å². The Bertz CT molecular complexity index is 569. The zero-order valence-corrected chi connectivity index (χ0v) is 16.9. The summed E-state index contributed by atoms with van der Waals surface area (Å²) in [5.41, 5.74) is 2.25. The van der Waals surface area contributed by atoms with E-state index in [1.807, 2.05) is 25.7 Å². The highest BCUT2D eigenvalue weighted by Gasteiger charge is 2.29. The summed E-state index contributed by atoms with van der Waals surface area (Å²) in [5.74, 6) is 0. The lowest BCUT2D eigenvalue weighted by Crippen LogP contribution is -2.54. The number of halogens is 1. The van der Waals surface area contributed by atoms with E-state index in [-0.39, 0.29) is 6.09 Å². The fraction of sp³-hybridized carbons (Fsp3) is 0.611. The Hall–Kier alpha value is -0.820. The molecule has 1 amide bonds. The molecule has 1 aliphatic rings. The molecule has 0 bridgehead atoms. The Labute approximate surface area is 153 Å². The quantitative estimate of drug-likeness (QED) is 0.664. The molecule has 1 heterocycles. The zero-order valence-electron chi connectivity index (χ0n) is 14.7. The molecule has 0 radical (unpaired) electrons. The first-order valence-electron chi connectivity index (χ1n) is 8.13. The Morgan fingerprint density at radius 1 is 1.35 bits per heavy atom. The molecule has 0 saturated carbocycles. The molecule has 0 N–H and O–H groups in total. The minimum atomic E-state index is -0.435. The smallest absolute Gasteiger partial charge is 0.410 e. The van der Waals surface area contributed by atoms with Gasteiger partial charge in [0, 0.05) is 35.8 Å². The highest BCUT2D eigenvalue weighted by molar-refractivity contribution is 14.1. The van der Waals surface area contributed by atoms with Gasteiger partial charge in [-0.2, -0.15) is 0 Å². The lowest BCUT2D eigenvalue weighted by molar-refractivity contribution is 0.00458. The van der Waals surface area contributed by atoms with Crippen LogP contribution in [0.2, 0.25) is 0 Å². The van der Waals surface area contributed by atoms with Gasteiger partial charge in [0.1, 0.15) is 5.60 Å². The van der Waals surface area contributed by atoms with Crippen molar-refractivity contribution in [1.82, 2.24) is 9.80 Å². The molecule has 2 rings (SSSR count). The number of aryl methyl sites for hydroxylation is 1. The number of carbonyl (C=O) groups excluding carboxylic acids is 1. The highest BCUT2D eigenvalue weighted by Crippen LogP contribution is 2.21. The highest BCUT2D eigenvalue weighted by atomic mass is 127. The Morgan fingerprint density at radius 3 is 2.65 bits per heavy atom. The number of carbonyl (C=O) groups is 1. The van der Waals surface area contributed by atoms with Gasteiger partial charge in [0.25, 0.3) is 0 Å². The van der Waals surface area contributed by atoms with Crippen LogP contribution in [0, 0.1) is 10.5 Å². The summed E-state index contributed by atoms with van der Waals surface area (Å²) >= 11 is 2.43. The van der Waals surface area contributed by atoms with Crippen molar-refractivity contribution in [3.05, 3.63) is 32.9 Å². The van der Waals surface area contributed by atoms with Gasteiger partial charge < -0.3 is 9.64 Å². The fourth-order valence-electron chi connectivity index (χ4n) is 2.77. The van der Waals surface area contributed by atoms with E-state index in [2.05, 4.69) is 59.5 Å². The summed E-state index contributed by atoms with van der Waals surface area (Å²) < 4.78 is 6.82. The third kappa shape index (κ3) is 5.08. The number of rotatable bonds is 2. The van der Waals surface area contributed by atoms with Gasteiger partial charge in [-0.05, 0) is 68.3 Å². The molecule has 1 aliphatic heterocycles. The number of nitrogens with zero attached hydrogens (tertiary/aromatic N) is 2. The first-order chi connectivity index (χ1) is 10.7. The molecule has 0 spiro atoms. The first kappa shape index (κ1) is 18.5. The van der Waals surface area contributed by atoms with E-state index < -0.39 is 5.60 Å². The van der Waals surface area contributed by atoms with Crippen molar-refractivity contribution >= 4 is 28.7 Å². The molecule has 1 atom stereocenters. The molecule has 1 aromatic carbocycles. The summed E-state index contributed by atoms with van der Waals surface area (Å²) in [5, 5.41) is 0. The van der Waals surface area contributed by atoms with Crippen molar-refractivity contribution in [1.29, 1.82) is 0 Å². The van der Waals surface area contributed by atoms with Crippen molar-refractivity contribution in [3.63, 3.8) is 0 Å². The SMILES string of the molecule is Cc1cccc(CN2CCN(C(=O)OC(C)(C)C)C[C@H]2C)c1I. The zero-order chi connectivity index (χ0) is 17.2. The van der Waals surface area contributed by atoms with Gasteiger partial charge in [0.2, 0.25) is 0 Å². The number of benzene rings is 1. The maximum atomic E-state index is 12.2. The molecule has 0 aliphatic carbocycles. The van der Waals surface area contributed by atoms with Gasteiger partial charge >= 0.3 is 6.09 Å². The van der Waals surface area contributed by atoms with Gasteiger partial charge in [-0.3, -0.25) is 4.90 Å². The topological polar surface area (TPSA) is 32.8 Å². The number of amides is 1. The van der Waals surface area contributed by atoms with Gasteiger partial charge in [0.15, 0.2) is 0 Å². The Balaban J connectivity index is 1.96. The molecule has 5 heteroatoms. The third-order valence-electron chi connectivity index (χ3n) is 4.06. The monoisotopic (exact) mass is 430 g/mol. The lowest BCUT2D eigenvalue weighted by Gasteiger charge is -2.40. The predicted octanol–water partition coefficient (Wildman–Crippen LogP) is 4.04. The predicted molar refractivity (Wildman–Crippen MR) is 102 cm³/mol. The number of piperazine rings is 1. The average Bonchev–Trinajstić information content (AvgIpc) is 2.44. The second-order valence-electron chi connectivity index (χ2n) is 7.29. The first-order valence-corrected chi connectivity index (χ1v) is 9.21. The Morgan fingerprint density at radius 2 is 2.04 bits per heavy atom. The van der Waals surface area contributed by atoms with Crippen LogP contribution in [0.4, 0.5) is 4.79 Å². The number of hydrogen-bond acceptors (Lipinski definition) is 3. The van der Waals surface area contributed by atoms with E-state index in [0.29, 0.717) is 6.04 Å². The molecular formula is C18H27IN2O2. The van der Waals surface area contributed by atoms with E-state index in [1.165, 1.54) is 14.7 Å². The Kier molecular flexibility index (Phi) is 5.94. The van der Waals surface area contributed by atoms with Gasteiger partial charge in [-0.25, -0.2) is 4.79 Å². The third-order valence-corrected chi connectivity index (χ3v) is 5.61. The summed E-state index contributed by atoms with van der Waals surface area (Å²) in [6.07, 6.45) is -0.200. The second-order valence-corrected chi connectivity index (χ2v) is 8.37. The molecule has 4 nitrogen and oxygen atoms in total.